The third kappa shape index (κ3) is 4.02. The average molecular weight is 306 g/mol. The third-order valence-corrected chi connectivity index (χ3v) is 4.66. The van der Waals surface area contributed by atoms with Crippen molar-refractivity contribution in [3.8, 4) is 0 Å². The van der Waals surface area contributed by atoms with E-state index in [2.05, 4.69) is 56.4 Å². The van der Waals surface area contributed by atoms with Crippen molar-refractivity contribution in [3.63, 3.8) is 0 Å². The lowest BCUT2D eigenvalue weighted by molar-refractivity contribution is 0.718. The van der Waals surface area contributed by atoms with E-state index in [1.165, 1.54) is 26.5 Å². The Kier molecular flexibility index (Phi) is 5.53. The standard InChI is InChI=1S/C17H20ClNS/c1-4-19-11-14-6-7-15(18)10-17(14)20-16-8-5-12(2)9-13(16)3/h5-10,19H,4,11H2,1-3H3. The van der Waals surface area contributed by atoms with Gasteiger partial charge in [-0.2, -0.15) is 0 Å². The molecule has 0 spiro atoms. The van der Waals surface area contributed by atoms with Gasteiger partial charge in [0.2, 0.25) is 0 Å². The lowest BCUT2D eigenvalue weighted by Gasteiger charge is -2.12. The first-order valence-electron chi connectivity index (χ1n) is 6.84. The van der Waals surface area contributed by atoms with E-state index in [1.54, 1.807) is 11.8 Å². The Balaban J connectivity index is 2.29. The molecule has 0 fully saturated rings. The van der Waals surface area contributed by atoms with Crippen LogP contribution in [0.5, 0.6) is 0 Å². The summed E-state index contributed by atoms with van der Waals surface area (Å²) in [6.45, 7) is 8.24. The molecule has 0 aliphatic heterocycles. The van der Waals surface area contributed by atoms with Gasteiger partial charge in [0.15, 0.2) is 0 Å². The lowest BCUT2D eigenvalue weighted by atomic mass is 10.2. The summed E-state index contributed by atoms with van der Waals surface area (Å²) in [5.41, 5.74) is 3.90. The van der Waals surface area contributed by atoms with Gasteiger partial charge in [-0.1, -0.05) is 54.0 Å². The van der Waals surface area contributed by atoms with Crippen molar-refractivity contribution in [2.75, 3.05) is 6.54 Å². The van der Waals surface area contributed by atoms with E-state index in [0.29, 0.717) is 0 Å². The summed E-state index contributed by atoms with van der Waals surface area (Å²) >= 11 is 7.94. The Labute approximate surface area is 130 Å². The predicted molar refractivity (Wildman–Crippen MR) is 88.9 cm³/mol. The highest BCUT2D eigenvalue weighted by molar-refractivity contribution is 7.99. The summed E-state index contributed by atoms with van der Waals surface area (Å²) in [7, 11) is 0. The summed E-state index contributed by atoms with van der Waals surface area (Å²) in [6, 6.07) is 12.7. The molecular formula is C17H20ClNS. The summed E-state index contributed by atoms with van der Waals surface area (Å²) < 4.78 is 0. The number of hydrogen-bond donors (Lipinski definition) is 1. The minimum absolute atomic E-state index is 0.789. The van der Waals surface area contributed by atoms with E-state index in [1.807, 2.05) is 6.07 Å². The van der Waals surface area contributed by atoms with Crippen molar-refractivity contribution in [1.29, 1.82) is 0 Å². The number of benzene rings is 2. The number of hydrogen-bond acceptors (Lipinski definition) is 2. The predicted octanol–water partition coefficient (Wildman–Crippen LogP) is 5.22. The van der Waals surface area contributed by atoms with Crippen LogP contribution in [0, 0.1) is 13.8 Å². The van der Waals surface area contributed by atoms with E-state index in [4.69, 9.17) is 11.6 Å². The average Bonchev–Trinajstić information content (AvgIpc) is 2.41. The number of aryl methyl sites for hydroxylation is 2. The van der Waals surface area contributed by atoms with Gasteiger partial charge in [0.05, 0.1) is 0 Å². The lowest BCUT2D eigenvalue weighted by Crippen LogP contribution is -2.12. The van der Waals surface area contributed by atoms with Crippen LogP contribution in [0.1, 0.15) is 23.6 Å². The topological polar surface area (TPSA) is 12.0 Å². The Morgan fingerprint density at radius 3 is 2.55 bits per heavy atom. The summed E-state index contributed by atoms with van der Waals surface area (Å²) in [5.74, 6) is 0. The van der Waals surface area contributed by atoms with Gasteiger partial charge in [0.25, 0.3) is 0 Å². The molecule has 20 heavy (non-hydrogen) atoms. The SMILES string of the molecule is CCNCc1ccc(Cl)cc1Sc1ccc(C)cc1C. The van der Waals surface area contributed by atoms with Crippen molar-refractivity contribution < 1.29 is 0 Å². The normalized spacial score (nSPS) is 10.8. The molecule has 0 aromatic heterocycles. The first-order chi connectivity index (χ1) is 9.60. The zero-order chi connectivity index (χ0) is 14.5. The monoisotopic (exact) mass is 305 g/mol. The minimum atomic E-state index is 0.789. The van der Waals surface area contributed by atoms with Gasteiger partial charge in [-0.05, 0) is 49.7 Å². The van der Waals surface area contributed by atoms with Crippen LogP contribution < -0.4 is 5.32 Å². The molecule has 0 radical (unpaired) electrons. The summed E-state index contributed by atoms with van der Waals surface area (Å²) in [4.78, 5) is 2.51. The molecular weight excluding hydrogens is 286 g/mol. The van der Waals surface area contributed by atoms with Gasteiger partial charge in [0, 0.05) is 21.4 Å². The molecule has 0 bridgehead atoms. The van der Waals surface area contributed by atoms with Gasteiger partial charge in [0.1, 0.15) is 0 Å². The second kappa shape index (κ2) is 7.16. The zero-order valence-electron chi connectivity index (χ0n) is 12.2. The van der Waals surface area contributed by atoms with Gasteiger partial charge >= 0.3 is 0 Å². The Hall–Kier alpha value is -0.960. The first-order valence-corrected chi connectivity index (χ1v) is 8.04. The van der Waals surface area contributed by atoms with Crippen LogP contribution in [0.2, 0.25) is 5.02 Å². The van der Waals surface area contributed by atoms with Crippen LogP contribution >= 0.6 is 23.4 Å². The summed E-state index contributed by atoms with van der Waals surface area (Å²) in [5, 5.41) is 4.17. The molecule has 1 N–H and O–H groups in total. The second-order valence-corrected chi connectivity index (χ2v) is 6.42. The van der Waals surface area contributed by atoms with Crippen LogP contribution in [0.4, 0.5) is 0 Å². The van der Waals surface area contributed by atoms with Crippen molar-refractivity contribution in [3.05, 3.63) is 58.1 Å². The van der Waals surface area contributed by atoms with E-state index < -0.39 is 0 Å². The van der Waals surface area contributed by atoms with Gasteiger partial charge in [-0.25, -0.2) is 0 Å². The minimum Gasteiger partial charge on any atom is -0.313 e. The highest BCUT2D eigenvalue weighted by Crippen LogP contribution is 2.34. The van der Waals surface area contributed by atoms with E-state index in [9.17, 15) is 0 Å². The van der Waals surface area contributed by atoms with Crippen LogP contribution in [0.3, 0.4) is 0 Å². The Bertz CT molecular complexity index is 596. The molecule has 0 amide bonds. The Morgan fingerprint density at radius 2 is 1.85 bits per heavy atom. The highest BCUT2D eigenvalue weighted by Gasteiger charge is 2.07. The molecule has 1 nitrogen and oxygen atoms in total. The van der Waals surface area contributed by atoms with Crippen LogP contribution in [-0.4, -0.2) is 6.54 Å². The van der Waals surface area contributed by atoms with Crippen LogP contribution in [0.15, 0.2) is 46.2 Å². The maximum absolute atomic E-state index is 6.15. The van der Waals surface area contributed by atoms with Crippen molar-refractivity contribution in [1.82, 2.24) is 5.32 Å². The fourth-order valence-corrected chi connectivity index (χ4v) is 3.35. The molecule has 2 aromatic carbocycles. The van der Waals surface area contributed by atoms with E-state index in [-0.39, 0.29) is 0 Å². The first kappa shape index (κ1) is 15.4. The molecule has 0 atom stereocenters. The molecule has 3 heteroatoms. The fourth-order valence-electron chi connectivity index (χ4n) is 2.06. The molecule has 0 aliphatic carbocycles. The van der Waals surface area contributed by atoms with Crippen molar-refractivity contribution in [2.45, 2.75) is 37.1 Å². The number of nitrogens with one attached hydrogen (secondary N) is 1. The Morgan fingerprint density at radius 1 is 1.05 bits per heavy atom. The van der Waals surface area contributed by atoms with Crippen molar-refractivity contribution in [2.24, 2.45) is 0 Å². The molecule has 0 unspecified atom stereocenters. The molecule has 2 aromatic rings. The number of rotatable bonds is 5. The van der Waals surface area contributed by atoms with Gasteiger partial charge in [-0.3, -0.25) is 0 Å². The zero-order valence-corrected chi connectivity index (χ0v) is 13.7. The van der Waals surface area contributed by atoms with Crippen LogP contribution in [0.25, 0.3) is 0 Å². The third-order valence-electron chi connectivity index (χ3n) is 3.15. The van der Waals surface area contributed by atoms with Gasteiger partial charge < -0.3 is 5.32 Å². The maximum Gasteiger partial charge on any atom is 0.0417 e. The molecule has 0 saturated carbocycles. The molecule has 106 valence electrons. The highest BCUT2D eigenvalue weighted by atomic mass is 35.5. The fraction of sp³-hybridized carbons (Fsp3) is 0.294. The number of halogens is 1. The smallest absolute Gasteiger partial charge is 0.0417 e. The maximum atomic E-state index is 6.15. The van der Waals surface area contributed by atoms with Gasteiger partial charge in [-0.15, -0.1) is 0 Å². The van der Waals surface area contributed by atoms with E-state index >= 15 is 0 Å². The second-order valence-electron chi connectivity index (χ2n) is 4.90. The van der Waals surface area contributed by atoms with E-state index in [0.717, 1.165) is 18.1 Å². The molecule has 2 rings (SSSR count). The molecule has 0 aliphatic rings. The van der Waals surface area contributed by atoms with Crippen molar-refractivity contribution >= 4 is 23.4 Å². The van der Waals surface area contributed by atoms with Crippen LogP contribution in [-0.2, 0) is 6.54 Å². The quantitative estimate of drug-likeness (QED) is 0.813. The molecule has 0 heterocycles. The summed E-state index contributed by atoms with van der Waals surface area (Å²) in [6.07, 6.45) is 0. The molecule has 0 saturated heterocycles. The largest absolute Gasteiger partial charge is 0.313 e.